The number of nitrogens with two attached hydrogens (primary N) is 1. The van der Waals surface area contributed by atoms with Crippen LogP contribution in [0.5, 0.6) is 0 Å². The molecule has 0 aromatic carbocycles. The standard InChI is InChI=1S/C16H24N2OS/c1-9-10(2)19-11(3)15(9)12(17)7-14-18-13(8-20-14)16(4,5)6/h8,12H,7,17H2,1-6H3. The Morgan fingerprint density at radius 1 is 1.25 bits per heavy atom. The van der Waals surface area contributed by atoms with Gasteiger partial charge in [-0.3, -0.25) is 0 Å². The molecule has 2 aromatic heterocycles. The maximum absolute atomic E-state index is 6.37. The number of rotatable bonds is 3. The smallest absolute Gasteiger partial charge is 0.106 e. The van der Waals surface area contributed by atoms with E-state index in [-0.39, 0.29) is 11.5 Å². The molecular weight excluding hydrogens is 268 g/mol. The molecule has 2 heterocycles. The Balaban J connectivity index is 2.20. The number of hydrogen-bond donors (Lipinski definition) is 1. The van der Waals surface area contributed by atoms with Gasteiger partial charge in [-0.2, -0.15) is 0 Å². The van der Waals surface area contributed by atoms with Crippen LogP contribution < -0.4 is 5.73 Å². The zero-order valence-corrected chi connectivity index (χ0v) is 14.0. The van der Waals surface area contributed by atoms with Crippen LogP contribution in [0.3, 0.4) is 0 Å². The second-order valence-corrected chi connectivity index (χ2v) is 7.38. The van der Waals surface area contributed by atoms with Gasteiger partial charge in [0.1, 0.15) is 11.5 Å². The predicted octanol–water partition coefficient (Wildman–Crippen LogP) is 4.20. The molecule has 0 aliphatic rings. The van der Waals surface area contributed by atoms with Gasteiger partial charge in [0.2, 0.25) is 0 Å². The molecular formula is C16H24N2OS. The second-order valence-electron chi connectivity index (χ2n) is 6.44. The Kier molecular flexibility index (Phi) is 4.07. The third-order valence-electron chi connectivity index (χ3n) is 3.70. The van der Waals surface area contributed by atoms with Crippen molar-refractivity contribution in [3.05, 3.63) is 38.7 Å². The van der Waals surface area contributed by atoms with E-state index in [9.17, 15) is 0 Å². The van der Waals surface area contributed by atoms with Gasteiger partial charge in [0.25, 0.3) is 0 Å². The maximum atomic E-state index is 6.37. The Hall–Kier alpha value is -1.13. The van der Waals surface area contributed by atoms with Crippen molar-refractivity contribution in [2.45, 2.75) is 59.4 Å². The highest BCUT2D eigenvalue weighted by molar-refractivity contribution is 7.09. The van der Waals surface area contributed by atoms with Gasteiger partial charge in [-0.05, 0) is 26.3 Å². The molecule has 0 bridgehead atoms. The Morgan fingerprint density at radius 2 is 1.90 bits per heavy atom. The lowest BCUT2D eigenvalue weighted by Crippen LogP contribution is -2.16. The van der Waals surface area contributed by atoms with Gasteiger partial charge in [-0.15, -0.1) is 11.3 Å². The molecule has 0 aliphatic heterocycles. The molecule has 2 aromatic rings. The van der Waals surface area contributed by atoms with E-state index in [1.807, 2.05) is 13.8 Å². The molecule has 2 N–H and O–H groups in total. The summed E-state index contributed by atoms with van der Waals surface area (Å²) in [6.07, 6.45) is 0.765. The monoisotopic (exact) mass is 292 g/mol. The average molecular weight is 292 g/mol. The van der Waals surface area contributed by atoms with E-state index in [1.165, 1.54) is 5.56 Å². The molecule has 0 saturated carbocycles. The van der Waals surface area contributed by atoms with Crippen molar-refractivity contribution in [2.24, 2.45) is 5.73 Å². The SMILES string of the molecule is Cc1oc(C)c(C(N)Cc2nc(C(C)(C)C)cs2)c1C. The average Bonchev–Trinajstić information content (AvgIpc) is 2.85. The Bertz CT molecular complexity index is 605. The lowest BCUT2D eigenvalue weighted by Gasteiger charge is -2.14. The van der Waals surface area contributed by atoms with Gasteiger partial charge in [0.15, 0.2) is 0 Å². The number of aromatic nitrogens is 1. The Labute approximate surface area is 125 Å². The molecule has 2 rings (SSSR count). The fourth-order valence-electron chi connectivity index (χ4n) is 2.39. The third-order valence-corrected chi connectivity index (χ3v) is 4.57. The molecule has 4 heteroatoms. The normalized spacial score (nSPS) is 13.8. The molecule has 1 atom stereocenters. The van der Waals surface area contributed by atoms with Crippen LogP contribution in [0.4, 0.5) is 0 Å². The second kappa shape index (κ2) is 5.34. The topological polar surface area (TPSA) is 52.0 Å². The summed E-state index contributed by atoms with van der Waals surface area (Å²) in [6, 6.07) is -0.0496. The van der Waals surface area contributed by atoms with Crippen LogP contribution in [0.15, 0.2) is 9.80 Å². The van der Waals surface area contributed by atoms with Crippen molar-refractivity contribution in [2.75, 3.05) is 0 Å². The van der Waals surface area contributed by atoms with Gasteiger partial charge >= 0.3 is 0 Å². The van der Waals surface area contributed by atoms with E-state index in [0.29, 0.717) is 0 Å². The summed E-state index contributed by atoms with van der Waals surface area (Å²) in [5, 5.41) is 3.24. The number of nitrogens with zero attached hydrogens (tertiary/aromatic N) is 1. The summed E-state index contributed by atoms with van der Waals surface area (Å²) in [4.78, 5) is 4.72. The van der Waals surface area contributed by atoms with Crippen molar-refractivity contribution in [1.82, 2.24) is 4.98 Å². The number of aryl methyl sites for hydroxylation is 2. The van der Waals surface area contributed by atoms with Gasteiger partial charge < -0.3 is 10.2 Å². The highest BCUT2D eigenvalue weighted by Crippen LogP contribution is 2.30. The molecule has 0 saturated heterocycles. The highest BCUT2D eigenvalue weighted by atomic mass is 32.1. The number of thiazole rings is 1. The Morgan fingerprint density at radius 3 is 2.35 bits per heavy atom. The minimum absolute atomic E-state index is 0.0496. The molecule has 110 valence electrons. The first-order valence-electron chi connectivity index (χ1n) is 6.97. The zero-order chi connectivity index (χ0) is 15.1. The van der Waals surface area contributed by atoms with Crippen LogP contribution in [-0.2, 0) is 11.8 Å². The lowest BCUT2D eigenvalue weighted by molar-refractivity contribution is 0.496. The van der Waals surface area contributed by atoms with Crippen LogP contribution in [0.1, 0.15) is 60.2 Å². The van der Waals surface area contributed by atoms with E-state index in [4.69, 9.17) is 15.1 Å². The first-order chi connectivity index (χ1) is 9.20. The maximum Gasteiger partial charge on any atom is 0.106 e. The first kappa shape index (κ1) is 15.3. The molecule has 3 nitrogen and oxygen atoms in total. The van der Waals surface area contributed by atoms with Gasteiger partial charge in [0, 0.05) is 28.8 Å². The molecule has 0 aliphatic carbocycles. The molecule has 0 spiro atoms. The van der Waals surface area contributed by atoms with Crippen molar-refractivity contribution < 1.29 is 4.42 Å². The van der Waals surface area contributed by atoms with E-state index in [1.54, 1.807) is 11.3 Å². The quantitative estimate of drug-likeness (QED) is 0.922. The lowest BCUT2D eigenvalue weighted by atomic mass is 9.93. The summed E-state index contributed by atoms with van der Waals surface area (Å²) in [5.41, 5.74) is 9.90. The van der Waals surface area contributed by atoms with E-state index >= 15 is 0 Å². The van der Waals surface area contributed by atoms with Crippen LogP contribution >= 0.6 is 11.3 Å². The zero-order valence-electron chi connectivity index (χ0n) is 13.2. The number of hydrogen-bond acceptors (Lipinski definition) is 4. The van der Waals surface area contributed by atoms with E-state index in [2.05, 4.69) is 33.1 Å². The van der Waals surface area contributed by atoms with Crippen molar-refractivity contribution in [3.63, 3.8) is 0 Å². The summed E-state index contributed by atoms with van der Waals surface area (Å²) in [7, 11) is 0. The fourth-order valence-corrected chi connectivity index (χ4v) is 3.47. The van der Waals surface area contributed by atoms with Crippen molar-refractivity contribution in [1.29, 1.82) is 0 Å². The van der Waals surface area contributed by atoms with Gasteiger partial charge in [0.05, 0.1) is 10.7 Å². The third kappa shape index (κ3) is 2.96. The van der Waals surface area contributed by atoms with Crippen LogP contribution in [0, 0.1) is 20.8 Å². The summed E-state index contributed by atoms with van der Waals surface area (Å²) in [5.74, 6) is 1.89. The van der Waals surface area contributed by atoms with Crippen molar-refractivity contribution >= 4 is 11.3 Å². The highest BCUT2D eigenvalue weighted by Gasteiger charge is 2.21. The minimum atomic E-state index is -0.0496. The summed E-state index contributed by atoms with van der Waals surface area (Å²) in [6.45, 7) is 12.6. The van der Waals surface area contributed by atoms with Crippen LogP contribution in [-0.4, -0.2) is 4.98 Å². The molecule has 1 unspecified atom stereocenters. The first-order valence-corrected chi connectivity index (χ1v) is 7.85. The molecule has 0 amide bonds. The van der Waals surface area contributed by atoms with Crippen LogP contribution in [0.25, 0.3) is 0 Å². The minimum Gasteiger partial charge on any atom is -0.466 e. The largest absolute Gasteiger partial charge is 0.466 e. The van der Waals surface area contributed by atoms with Gasteiger partial charge in [-0.25, -0.2) is 4.98 Å². The number of furan rings is 1. The predicted molar refractivity (Wildman–Crippen MR) is 84.4 cm³/mol. The summed E-state index contributed by atoms with van der Waals surface area (Å²) >= 11 is 1.70. The fraction of sp³-hybridized carbons (Fsp3) is 0.562. The van der Waals surface area contributed by atoms with E-state index in [0.717, 1.165) is 34.2 Å². The summed E-state index contributed by atoms with van der Waals surface area (Å²) < 4.78 is 5.67. The van der Waals surface area contributed by atoms with Crippen LogP contribution in [0.2, 0.25) is 0 Å². The van der Waals surface area contributed by atoms with Crippen molar-refractivity contribution in [3.8, 4) is 0 Å². The van der Waals surface area contributed by atoms with Gasteiger partial charge in [-0.1, -0.05) is 20.8 Å². The molecule has 0 radical (unpaired) electrons. The van der Waals surface area contributed by atoms with E-state index < -0.39 is 0 Å². The molecule has 0 fully saturated rings. The molecule has 20 heavy (non-hydrogen) atoms.